The molecule has 2 N–H and O–H groups in total. The lowest BCUT2D eigenvalue weighted by molar-refractivity contribution is -0.384. The van der Waals surface area contributed by atoms with Gasteiger partial charge in [0.1, 0.15) is 18.4 Å². The Morgan fingerprint density at radius 1 is 0.956 bits per heavy atom. The molecule has 2 fully saturated rings. The van der Waals surface area contributed by atoms with Crippen LogP contribution in [0.5, 0.6) is 5.75 Å². The van der Waals surface area contributed by atoms with Crippen molar-refractivity contribution in [3.63, 3.8) is 0 Å². The van der Waals surface area contributed by atoms with E-state index in [1.165, 1.54) is 12.1 Å². The molecule has 45 heavy (non-hydrogen) atoms. The molecular formula is C28H31N5O12. The third kappa shape index (κ3) is 7.87. The zero-order valence-corrected chi connectivity index (χ0v) is 24.1. The van der Waals surface area contributed by atoms with Crippen molar-refractivity contribution in [2.24, 2.45) is 0 Å². The summed E-state index contributed by atoms with van der Waals surface area (Å²) in [4.78, 5) is 77.9. The van der Waals surface area contributed by atoms with Crippen molar-refractivity contribution < 1.29 is 53.3 Å². The molecule has 0 spiro atoms. The summed E-state index contributed by atoms with van der Waals surface area (Å²) >= 11 is 0. The molecule has 2 aliphatic rings. The van der Waals surface area contributed by atoms with Crippen LogP contribution in [0.2, 0.25) is 0 Å². The number of nitro benzene ring substituents is 1. The van der Waals surface area contributed by atoms with Crippen LogP contribution in [0, 0.1) is 10.1 Å². The van der Waals surface area contributed by atoms with Crippen molar-refractivity contribution in [2.75, 3.05) is 39.8 Å². The minimum atomic E-state index is -1.33. The number of carbonyl (C=O) groups is 5. The highest BCUT2D eigenvalue weighted by Gasteiger charge is 2.46. The minimum absolute atomic E-state index is 0.0665. The highest BCUT2D eigenvalue weighted by Crippen LogP contribution is 2.28. The van der Waals surface area contributed by atoms with Gasteiger partial charge in [-0.3, -0.25) is 15.0 Å². The van der Waals surface area contributed by atoms with Gasteiger partial charge in [-0.1, -0.05) is 30.3 Å². The number of nitrogens with zero attached hydrogens (tertiary/aromatic N) is 5. The molecular weight excluding hydrogens is 598 g/mol. The van der Waals surface area contributed by atoms with Crippen LogP contribution >= 0.6 is 0 Å². The van der Waals surface area contributed by atoms with E-state index in [1.807, 2.05) is 0 Å². The van der Waals surface area contributed by atoms with E-state index < -0.39 is 53.4 Å². The molecule has 0 saturated carbocycles. The van der Waals surface area contributed by atoms with E-state index in [9.17, 15) is 44.3 Å². The number of hydrogen-bond acceptors (Lipinski definition) is 10. The molecule has 2 aromatic rings. The number of carbonyl (C=O) groups excluding carboxylic acids is 3. The van der Waals surface area contributed by atoms with E-state index in [2.05, 4.69) is 0 Å². The van der Waals surface area contributed by atoms with Crippen LogP contribution in [0.4, 0.5) is 24.9 Å². The van der Waals surface area contributed by atoms with Gasteiger partial charge < -0.3 is 39.1 Å². The first-order valence-corrected chi connectivity index (χ1v) is 13.7. The lowest BCUT2D eigenvalue weighted by Gasteiger charge is -2.41. The van der Waals surface area contributed by atoms with E-state index in [0.717, 1.165) is 38.8 Å². The number of ether oxygens (including phenoxy) is 3. The number of amides is 4. The van der Waals surface area contributed by atoms with Crippen LogP contribution in [0.15, 0.2) is 54.6 Å². The standard InChI is InChI=1S/C28H31N5O12/c1-43-24(34)23-13-20(15-32(23)27(39)44-17-18-5-3-2-4-6-18)31(28(40)45-22-9-7-19(8-10-22)33(41)42)16-21-14-29(25(35)36)11-12-30(21)26(37)38/h2-10,20-21,23H,11-17H2,1H3,(H,35,36)(H,37,38)/t20-,21?,23-/m0/s1. The Morgan fingerprint density at radius 3 is 2.24 bits per heavy atom. The summed E-state index contributed by atoms with van der Waals surface area (Å²) in [6.45, 7) is -1.20. The Balaban J connectivity index is 1.61. The van der Waals surface area contributed by atoms with Gasteiger partial charge in [-0.2, -0.15) is 0 Å². The van der Waals surface area contributed by atoms with E-state index in [1.54, 1.807) is 30.3 Å². The number of hydrogen-bond donors (Lipinski definition) is 2. The Morgan fingerprint density at radius 2 is 1.64 bits per heavy atom. The summed E-state index contributed by atoms with van der Waals surface area (Å²) < 4.78 is 15.8. The van der Waals surface area contributed by atoms with Crippen molar-refractivity contribution in [2.45, 2.75) is 31.2 Å². The van der Waals surface area contributed by atoms with Crippen LogP contribution < -0.4 is 4.74 Å². The predicted molar refractivity (Wildman–Crippen MR) is 151 cm³/mol. The summed E-state index contributed by atoms with van der Waals surface area (Å²) in [6, 6.07) is 10.3. The fourth-order valence-corrected chi connectivity index (χ4v) is 5.24. The van der Waals surface area contributed by atoms with Crippen molar-refractivity contribution in [1.82, 2.24) is 19.6 Å². The molecule has 2 aromatic carbocycles. The Hall–Kier alpha value is -5.61. The Labute approximate surface area is 256 Å². The van der Waals surface area contributed by atoms with E-state index in [0.29, 0.717) is 5.56 Å². The van der Waals surface area contributed by atoms with E-state index in [4.69, 9.17) is 14.2 Å². The zero-order valence-electron chi connectivity index (χ0n) is 24.1. The Kier molecular flexibility index (Phi) is 10.2. The van der Waals surface area contributed by atoms with Crippen LogP contribution in [0.1, 0.15) is 12.0 Å². The first-order chi connectivity index (χ1) is 21.5. The van der Waals surface area contributed by atoms with Crippen molar-refractivity contribution >= 4 is 36.0 Å². The summed E-state index contributed by atoms with van der Waals surface area (Å²) in [6.07, 6.45) is -4.62. The predicted octanol–water partition coefficient (Wildman–Crippen LogP) is 2.69. The van der Waals surface area contributed by atoms with Crippen LogP contribution in [0.3, 0.4) is 0 Å². The molecule has 2 saturated heterocycles. The van der Waals surface area contributed by atoms with Crippen molar-refractivity contribution in [3.8, 4) is 5.75 Å². The highest BCUT2D eigenvalue weighted by atomic mass is 16.6. The molecule has 3 atom stereocenters. The quantitative estimate of drug-likeness (QED) is 0.245. The van der Waals surface area contributed by atoms with E-state index in [-0.39, 0.29) is 57.2 Å². The third-order valence-electron chi connectivity index (χ3n) is 7.53. The normalized spacial score (nSPS) is 19.4. The Bertz CT molecular complexity index is 1420. The summed E-state index contributed by atoms with van der Waals surface area (Å²) in [5.74, 6) is -0.845. The van der Waals surface area contributed by atoms with Gasteiger partial charge in [-0.15, -0.1) is 0 Å². The molecule has 17 heteroatoms. The molecule has 240 valence electrons. The molecule has 0 radical (unpaired) electrons. The molecule has 4 amide bonds. The van der Waals surface area contributed by atoms with E-state index >= 15 is 0 Å². The fraction of sp³-hybridized carbons (Fsp3) is 0.393. The van der Waals surface area contributed by atoms with Gasteiger partial charge in [0, 0.05) is 51.3 Å². The van der Waals surface area contributed by atoms with Gasteiger partial charge in [-0.25, -0.2) is 24.0 Å². The lowest BCUT2D eigenvalue weighted by atomic mass is 10.1. The second-order valence-electron chi connectivity index (χ2n) is 10.3. The summed E-state index contributed by atoms with van der Waals surface area (Å²) in [5.41, 5.74) is 0.444. The second-order valence-corrected chi connectivity index (χ2v) is 10.3. The fourth-order valence-electron chi connectivity index (χ4n) is 5.24. The summed E-state index contributed by atoms with van der Waals surface area (Å²) in [7, 11) is 1.14. The maximum absolute atomic E-state index is 13.6. The molecule has 4 rings (SSSR count). The molecule has 1 unspecified atom stereocenters. The second kappa shape index (κ2) is 14.2. The number of rotatable bonds is 8. The van der Waals surface area contributed by atoms with Gasteiger partial charge in [0.05, 0.1) is 24.1 Å². The largest absolute Gasteiger partial charge is 0.467 e. The van der Waals surface area contributed by atoms with Gasteiger partial charge in [0.25, 0.3) is 5.69 Å². The van der Waals surface area contributed by atoms with Gasteiger partial charge >= 0.3 is 30.3 Å². The number of carboxylic acid groups (broad SMARTS) is 2. The SMILES string of the molecule is COC(=O)[C@@H]1C[C@H](N(CC2CN(C(=O)O)CCN2C(=O)O)C(=O)Oc2ccc([N+](=O)[O-])cc2)CN1C(=O)OCc1ccccc1. The number of non-ortho nitro benzene ring substituents is 1. The molecule has 2 heterocycles. The van der Waals surface area contributed by atoms with Crippen LogP contribution in [-0.2, 0) is 20.9 Å². The maximum Gasteiger partial charge on any atom is 0.415 e. The van der Waals surface area contributed by atoms with Crippen LogP contribution in [0.25, 0.3) is 0 Å². The van der Waals surface area contributed by atoms with Crippen LogP contribution in [-0.4, -0.2) is 123 Å². The first-order valence-electron chi connectivity index (χ1n) is 13.7. The molecule has 0 bridgehead atoms. The molecule has 2 aliphatic heterocycles. The highest BCUT2D eigenvalue weighted by molar-refractivity contribution is 5.83. The minimum Gasteiger partial charge on any atom is -0.467 e. The monoisotopic (exact) mass is 629 g/mol. The molecule has 17 nitrogen and oxygen atoms in total. The summed E-state index contributed by atoms with van der Waals surface area (Å²) in [5, 5.41) is 30.4. The topological polar surface area (TPSA) is 210 Å². The van der Waals surface area contributed by atoms with Gasteiger partial charge in [0.2, 0.25) is 0 Å². The lowest BCUT2D eigenvalue weighted by Crippen LogP contribution is -2.61. The average Bonchev–Trinajstić information content (AvgIpc) is 3.48. The van der Waals surface area contributed by atoms with Gasteiger partial charge in [-0.05, 0) is 17.7 Å². The third-order valence-corrected chi connectivity index (χ3v) is 7.53. The number of methoxy groups -OCH3 is 1. The number of esters is 1. The van der Waals surface area contributed by atoms with Gasteiger partial charge in [0.15, 0.2) is 0 Å². The maximum atomic E-state index is 13.6. The van der Waals surface area contributed by atoms with Crippen molar-refractivity contribution in [3.05, 3.63) is 70.3 Å². The number of benzene rings is 2. The zero-order chi connectivity index (χ0) is 32.7. The van der Waals surface area contributed by atoms with Crippen molar-refractivity contribution in [1.29, 1.82) is 0 Å². The number of likely N-dealkylation sites (tertiary alicyclic amines) is 1. The number of nitro groups is 1. The molecule has 0 aromatic heterocycles. The smallest absolute Gasteiger partial charge is 0.415 e. The first kappa shape index (κ1) is 32.3. The molecule has 0 aliphatic carbocycles. The average molecular weight is 630 g/mol. The number of piperazine rings is 1.